The molecule has 6 heteroatoms. The first-order valence-corrected chi connectivity index (χ1v) is 6.15. The molecule has 0 aliphatic heterocycles. The molecule has 94 valence electrons. The fourth-order valence-corrected chi connectivity index (χ4v) is 2.08. The van der Waals surface area contributed by atoms with Gasteiger partial charge in [0, 0.05) is 29.7 Å². The predicted octanol–water partition coefficient (Wildman–Crippen LogP) is 3.17. The number of nitrogens with two attached hydrogens (primary N) is 1. The van der Waals surface area contributed by atoms with Gasteiger partial charge in [-0.25, -0.2) is 15.0 Å². The smallest absolute Gasteiger partial charge is 0.179 e. The lowest BCUT2D eigenvalue weighted by Crippen LogP contribution is -2.09. The second kappa shape index (κ2) is 5.18. The van der Waals surface area contributed by atoms with E-state index in [1.807, 2.05) is 13.8 Å². The number of rotatable bonds is 2. The SMILES string of the molecule is Cc1nc(-c2ncc(Cl)cc2Cl)ncc1C(C)N. The first-order chi connectivity index (χ1) is 8.49. The van der Waals surface area contributed by atoms with Crippen molar-refractivity contribution in [2.45, 2.75) is 19.9 Å². The Morgan fingerprint density at radius 3 is 2.50 bits per heavy atom. The topological polar surface area (TPSA) is 64.7 Å². The molecule has 2 aromatic rings. The van der Waals surface area contributed by atoms with Crippen LogP contribution in [0.5, 0.6) is 0 Å². The van der Waals surface area contributed by atoms with Crippen LogP contribution in [-0.2, 0) is 0 Å². The first kappa shape index (κ1) is 13.2. The summed E-state index contributed by atoms with van der Waals surface area (Å²) in [5, 5.41) is 0.906. The van der Waals surface area contributed by atoms with Gasteiger partial charge in [0.25, 0.3) is 0 Å². The van der Waals surface area contributed by atoms with Crippen LogP contribution in [0.2, 0.25) is 10.0 Å². The van der Waals surface area contributed by atoms with Crippen molar-refractivity contribution in [1.29, 1.82) is 0 Å². The first-order valence-electron chi connectivity index (χ1n) is 5.39. The Hall–Kier alpha value is -1.23. The molecular weight excluding hydrogens is 271 g/mol. The summed E-state index contributed by atoms with van der Waals surface area (Å²) in [5.41, 5.74) is 8.06. The van der Waals surface area contributed by atoms with Crippen LogP contribution in [-0.4, -0.2) is 15.0 Å². The van der Waals surface area contributed by atoms with E-state index in [0.29, 0.717) is 21.6 Å². The van der Waals surface area contributed by atoms with Gasteiger partial charge in [-0.2, -0.15) is 0 Å². The van der Waals surface area contributed by atoms with Gasteiger partial charge < -0.3 is 5.73 Å². The Bertz CT molecular complexity index is 584. The Balaban J connectivity index is 2.49. The maximum atomic E-state index is 6.07. The fourth-order valence-electron chi connectivity index (χ4n) is 1.62. The van der Waals surface area contributed by atoms with Crippen LogP contribution < -0.4 is 5.73 Å². The molecule has 0 saturated heterocycles. The summed E-state index contributed by atoms with van der Waals surface area (Å²) in [6.45, 7) is 3.77. The van der Waals surface area contributed by atoms with E-state index in [9.17, 15) is 0 Å². The molecule has 1 atom stereocenters. The largest absolute Gasteiger partial charge is 0.324 e. The lowest BCUT2D eigenvalue weighted by molar-refractivity contribution is 0.790. The summed E-state index contributed by atoms with van der Waals surface area (Å²) in [4.78, 5) is 12.8. The number of hydrogen-bond acceptors (Lipinski definition) is 4. The van der Waals surface area contributed by atoms with E-state index >= 15 is 0 Å². The lowest BCUT2D eigenvalue weighted by atomic mass is 10.1. The molecule has 0 spiro atoms. The Kier molecular flexibility index (Phi) is 3.80. The molecule has 0 fully saturated rings. The van der Waals surface area contributed by atoms with Crippen molar-refractivity contribution in [2.75, 3.05) is 0 Å². The molecule has 0 bridgehead atoms. The molecule has 2 heterocycles. The maximum absolute atomic E-state index is 6.07. The molecule has 0 radical (unpaired) electrons. The van der Waals surface area contributed by atoms with Crippen LogP contribution in [0.15, 0.2) is 18.5 Å². The molecule has 0 aliphatic rings. The van der Waals surface area contributed by atoms with E-state index in [2.05, 4.69) is 15.0 Å². The van der Waals surface area contributed by atoms with Crippen LogP contribution in [0.25, 0.3) is 11.5 Å². The highest BCUT2D eigenvalue weighted by Gasteiger charge is 2.12. The molecule has 0 aliphatic carbocycles. The van der Waals surface area contributed by atoms with E-state index < -0.39 is 0 Å². The van der Waals surface area contributed by atoms with Crippen molar-refractivity contribution in [2.24, 2.45) is 5.73 Å². The van der Waals surface area contributed by atoms with Crippen molar-refractivity contribution < 1.29 is 0 Å². The minimum Gasteiger partial charge on any atom is -0.324 e. The summed E-state index contributed by atoms with van der Waals surface area (Å²) in [5.74, 6) is 0.471. The van der Waals surface area contributed by atoms with Crippen LogP contribution in [0.4, 0.5) is 0 Å². The van der Waals surface area contributed by atoms with E-state index in [1.54, 1.807) is 12.3 Å². The van der Waals surface area contributed by atoms with E-state index in [1.165, 1.54) is 6.20 Å². The zero-order valence-electron chi connectivity index (χ0n) is 9.98. The van der Waals surface area contributed by atoms with Gasteiger partial charge in [0.15, 0.2) is 5.82 Å². The van der Waals surface area contributed by atoms with Gasteiger partial charge in [0.05, 0.1) is 10.0 Å². The molecular formula is C12H12Cl2N4. The number of pyridine rings is 1. The van der Waals surface area contributed by atoms with Crippen molar-refractivity contribution in [3.05, 3.63) is 39.8 Å². The summed E-state index contributed by atoms with van der Waals surface area (Å²) < 4.78 is 0. The highest BCUT2D eigenvalue weighted by Crippen LogP contribution is 2.26. The molecule has 2 aromatic heterocycles. The lowest BCUT2D eigenvalue weighted by Gasteiger charge is -2.10. The van der Waals surface area contributed by atoms with Gasteiger partial charge in [-0.1, -0.05) is 23.2 Å². The molecule has 0 amide bonds. The number of halogens is 2. The minimum atomic E-state index is -0.104. The molecule has 1 unspecified atom stereocenters. The third-order valence-electron chi connectivity index (χ3n) is 2.53. The second-order valence-corrected chi connectivity index (χ2v) is 4.85. The Morgan fingerprint density at radius 1 is 1.22 bits per heavy atom. The van der Waals surface area contributed by atoms with Crippen molar-refractivity contribution >= 4 is 23.2 Å². The molecule has 2 rings (SSSR count). The highest BCUT2D eigenvalue weighted by atomic mass is 35.5. The summed E-state index contributed by atoms with van der Waals surface area (Å²) in [7, 11) is 0. The minimum absolute atomic E-state index is 0.104. The molecule has 2 N–H and O–H groups in total. The molecule has 18 heavy (non-hydrogen) atoms. The monoisotopic (exact) mass is 282 g/mol. The van der Waals surface area contributed by atoms with Crippen LogP contribution >= 0.6 is 23.2 Å². The number of nitrogens with zero attached hydrogens (tertiary/aromatic N) is 3. The molecule has 0 saturated carbocycles. The van der Waals surface area contributed by atoms with E-state index in [4.69, 9.17) is 28.9 Å². The van der Waals surface area contributed by atoms with Crippen LogP contribution in [0, 0.1) is 6.92 Å². The Morgan fingerprint density at radius 2 is 1.94 bits per heavy atom. The van der Waals surface area contributed by atoms with Gasteiger partial charge in [-0.05, 0) is 19.9 Å². The standard InChI is InChI=1S/C12H12Cl2N4/c1-6(15)9-5-17-12(18-7(9)2)11-10(14)3-8(13)4-16-11/h3-6H,15H2,1-2H3. The van der Waals surface area contributed by atoms with Crippen molar-refractivity contribution in [3.8, 4) is 11.5 Å². The van der Waals surface area contributed by atoms with E-state index in [0.717, 1.165) is 11.3 Å². The normalized spacial score (nSPS) is 12.5. The van der Waals surface area contributed by atoms with Crippen LogP contribution in [0.3, 0.4) is 0 Å². The fraction of sp³-hybridized carbons (Fsp3) is 0.250. The van der Waals surface area contributed by atoms with Gasteiger partial charge >= 0.3 is 0 Å². The average molecular weight is 283 g/mol. The third-order valence-corrected chi connectivity index (χ3v) is 3.02. The van der Waals surface area contributed by atoms with Crippen molar-refractivity contribution in [1.82, 2.24) is 15.0 Å². The summed E-state index contributed by atoms with van der Waals surface area (Å²) >= 11 is 11.9. The summed E-state index contributed by atoms with van der Waals surface area (Å²) in [6.07, 6.45) is 3.22. The molecule has 0 aromatic carbocycles. The number of aromatic nitrogens is 3. The Labute approximate surface area is 115 Å². The quantitative estimate of drug-likeness (QED) is 0.919. The van der Waals surface area contributed by atoms with Gasteiger partial charge in [0.2, 0.25) is 0 Å². The third kappa shape index (κ3) is 2.61. The number of aryl methyl sites for hydroxylation is 1. The predicted molar refractivity (Wildman–Crippen MR) is 72.6 cm³/mol. The van der Waals surface area contributed by atoms with Gasteiger partial charge in [-0.15, -0.1) is 0 Å². The zero-order valence-corrected chi connectivity index (χ0v) is 11.5. The second-order valence-electron chi connectivity index (χ2n) is 4.01. The highest BCUT2D eigenvalue weighted by molar-refractivity contribution is 6.35. The van der Waals surface area contributed by atoms with Crippen LogP contribution in [0.1, 0.15) is 24.2 Å². The van der Waals surface area contributed by atoms with Gasteiger partial charge in [0.1, 0.15) is 5.69 Å². The molecule has 4 nitrogen and oxygen atoms in total. The zero-order chi connectivity index (χ0) is 13.3. The number of hydrogen-bond donors (Lipinski definition) is 1. The van der Waals surface area contributed by atoms with Gasteiger partial charge in [-0.3, -0.25) is 0 Å². The maximum Gasteiger partial charge on any atom is 0.179 e. The summed E-state index contributed by atoms with van der Waals surface area (Å²) in [6, 6.07) is 1.51. The average Bonchev–Trinajstić information content (AvgIpc) is 2.28. The van der Waals surface area contributed by atoms with E-state index in [-0.39, 0.29) is 6.04 Å². The van der Waals surface area contributed by atoms with Crippen molar-refractivity contribution in [3.63, 3.8) is 0 Å².